The number of aromatic nitrogens is 4. The van der Waals surface area contributed by atoms with Gasteiger partial charge in [-0.3, -0.25) is 9.48 Å². The second-order valence-electron chi connectivity index (χ2n) is 7.10. The van der Waals surface area contributed by atoms with Crippen LogP contribution in [0.4, 0.5) is 30.6 Å². The Kier molecular flexibility index (Phi) is 4.39. The molecule has 4 N–H and O–H groups in total. The highest BCUT2D eigenvalue weighted by molar-refractivity contribution is 5.80. The Morgan fingerprint density at radius 2 is 2.14 bits per heavy atom. The molecule has 4 rings (SSSR count). The molecule has 0 unspecified atom stereocenters. The van der Waals surface area contributed by atoms with Crippen LogP contribution in [0.3, 0.4) is 0 Å². The smallest absolute Gasteiger partial charge is 0.370 e. The van der Waals surface area contributed by atoms with Crippen LogP contribution in [0.15, 0.2) is 12.4 Å². The number of hydrogen-bond acceptors (Lipinski definition) is 6. The van der Waals surface area contributed by atoms with E-state index in [1.165, 1.54) is 0 Å². The van der Waals surface area contributed by atoms with E-state index in [-0.39, 0.29) is 35.6 Å². The molecule has 0 aromatic carbocycles. The summed E-state index contributed by atoms with van der Waals surface area (Å²) >= 11 is 0. The minimum absolute atomic E-state index is 0.0487. The fraction of sp³-hybridized carbons (Fsp3) is 0.529. The van der Waals surface area contributed by atoms with Gasteiger partial charge in [0.2, 0.25) is 11.9 Å². The molecule has 8 nitrogen and oxygen atoms in total. The lowest BCUT2D eigenvalue weighted by molar-refractivity contribution is -0.137. The van der Waals surface area contributed by atoms with Crippen molar-refractivity contribution in [3.63, 3.8) is 0 Å². The largest absolute Gasteiger partial charge is 0.421 e. The van der Waals surface area contributed by atoms with E-state index in [2.05, 4.69) is 25.7 Å². The molecule has 2 aromatic rings. The Morgan fingerprint density at radius 1 is 1.39 bits per heavy atom. The van der Waals surface area contributed by atoms with Gasteiger partial charge in [-0.2, -0.15) is 23.3 Å². The van der Waals surface area contributed by atoms with Crippen LogP contribution >= 0.6 is 0 Å². The Balaban J connectivity index is 1.61. The molecule has 0 saturated heterocycles. The van der Waals surface area contributed by atoms with Crippen molar-refractivity contribution in [2.45, 2.75) is 44.3 Å². The van der Waals surface area contributed by atoms with Gasteiger partial charge in [0.05, 0.1) is 23.3 Å². The number of alkyl halides is 3. The number of halogens is 3. The minimum Gasteiger partial charge on any atom is -0.370 e. The molecule has 2 atom stereocenters. The van der Waals surface area contributed by atoms with Crippen molar-refractivity contribution in [3.05, 3.63) is 23.7 Å². The lowest BCUT2D eigenvalue weighted by Crippen LogP contribution is -2.15. The molecule has 2 heterocycles. The maximum absolute atomic E-state index is 13.1. The van der Waals surface area contributed by atoms with E-state index in [0.29, 0.717) is 18.7 Å². The first-order valence-electron chi connectivity index (χ1n) is 9.11. The SMILES string of the molecule is CCNc1nc(Nc2cn([C@H]3C[C@H]3C(N)=O)nc2C2CC2)ncc1C(F)(F)F. The molecule has 0 radical (unpaired) electrons. The second kappa shape index (κ2) is 6.64. The summed E-state index contributed by atoms with van der Waals surface area (Å²) < 4.78 is 41.1. The van der Waals surface area contributed by atoms with E-state index in [4.69, 9.17) is 5.73 Å². The van der Waals surface area contributed by atoms with Crippen LogP contribution in [0, 0.1) is 5.92 Å². The second-order valence-corrected chi connectivity index (χ2v) is 7.10. The van der Waals surface area contributed by atoms with Gasteiger partial charge in [-0.05, 0) is 26.2 Å². The summed E-state index contributed by atoms with van der Waals surface area (Å²) in [4.78, 5) is 19.2. The van der Waals surface area contributed by atoms with Crippen molar-refractivity contribution in [1.82, 2.24) is 19.7 Å². The van der Waals surface area contributed by atoms with Crippen LogP contribution in [0.5, 0.6) is 0 Å². The van der Waals surface area contributed by atoms with E-state index in [0.717, 1.165) is 24.7 Å². The lowest BCUT2D eigenvalue weighted by Gasteiger charge is -2.13. The van der Waals surface area contributed by atoms with Crippen molar-refractivity contribution in [1.29, 1.82) is 0 Å². The average Bonchev–Trinajstić information content (AvgIpc) is 3.53. The molecular formula is C17H20F3N7O. The quantitative estimate of drug-likeness (QED) is 0.665. The summed E-state index contributed by atoms with van der Waals surface area (Å²) in [5.41, 5.74) is 5.88. The molecule has 2 aromatic heterocycles. The number of nitrogens with one attached hydrogen (secondary N) is 2. The number of primary amides is 1. The number of hydrogen-bond donors (Lipinski definition) is 3. The molecule has 0 bridgehead atoms. The highest BCUT2D eigenvalue weighted by Crippen LogP contribution is 2.47. The molecular weight excluding hydrogens is 375 g/mol. The van der Waals surface area contributed by atoms with Crippen LogP contribution in [-0.2, 0) is 11.0 Å². The fourth-order valence-electron chi connectivity index (χ4n) is 3.18. The van der Waals surface area contributed by atoms with Crippen molar-refractivity contribution in [3.8, 4) is 0 Å². The Bertz CT molecular complexity index is 907. The van der Waals surface area contributed by atoms with Gasteiger partial charge in [-0.15, -0.1) is 0 Å². The maximum atomic E-state index is 13.1. The minimum atomic E-state index is -4.55. The third-order valence-corrected chi connectivity index (χ3v) is 4.87. The van der Waals surface area contributed by atoms with Crippen LogP contribution in [-0.4, -0.2) is 32.2 Å². The predicted molar refractivity (Wildman–Crippen MR) is 95.0 cm³/mol. The van der Waals surface area contributed by atoms with Crippen molar-refractivity contribution in [2.75, 3.05) is 17.2 Å². The molecule has 2 aliphatic carbocycles. The molecule has 28 heavy (non-hydrogen) atoms. The number of carbonyl (C=O) groups is 1. The van der Waals surface area contributed by atoms with E-state index in [9.17, 15) is 18.0 Å². The number of nitrogens with zero attached hydrogens (tertiary/aromatic N) is 4. The van der Waals surface area contributed by atoms with E-state index < -0.39 is 11.7 Å². The van der Waals surface area contributed by atoms with E-state index in [1.807, 2.05) is 0 Å². The van der Waals surface area contributed by atoms with Gasteiger partial charge in [0.25, 0.3) is 0 Å². The molecule has 1 amide bonds. The van der Waals surface area contributed by atoms with Crippen LogP contribution in [0.2, 0.25) is 0 Å². The van der Waals surface area contributed by atoms with Crippen LogP contribution in [0.25, 0.3) is 0 Å². The highest BCUT2D eigenvalue weighted by Gasteiger charge is 2.45. The first kappa shape index (κ1) is 18.5. The molecule has 2 saturated carbocycles. The zero-order valence-electron chi connectivity index (χ0n) is 15.1. The fourth-order valence-corrected chi connectivity index (χ4v) is 3.18. The maximum Gasteiger partial charge on any atom is 0.421 e. The Labute approximate surface area is 158 Å². The predicted octanol–water partition coefficient (Wildman–Crippen LogP) is 2.79. The van der Waals surface area contributed by atoms with Gasteiger partial charge in [-0.25, -0.2) is 4.98 Å². The van der Waals surface area contributed by atoms with Gasteiger partial charge < -0.3 is 16.4 Å². The van der Waals surface area contributed by atoms with Crippen molar-refractivity contribution in [2.24, 2.45) is 11.7 Å². The summed E-state index contributed by atoms with van der Waals surface area (Å²) in [6.07, 6.45) is 0.587. The third-order valence-electron chi connectivity index (χ3n) is 4.87. The van der Waals surface area contributed by atoms with Crippen LogP contribution < -0.4 is 16.4 Å². The summed E-state index contributed by atoms with van der Waals surface area (Å²) in [5.74, 6) is -0.527. The van der Waals surface area contributed by atoms with E-state index in [1.54, 1.807) is 17.8 Å². The summed E-state index contributed by atoms with van der Waals surface area (Å²) in [7, 11) is 0. The normalized spacial score (nSPS) is 21.4. The monoisotopic (exact) mass is 395 g/mol. The van der Waals surface area contributed by atoms with E-state index >= 15 is 0 Å². The standard InChI is InChI=1S/C17H20F3N7O/c1-2-22-15-10(17(18,19)20)6-23-16(25-15)24-11-7-27(12-5-9(12)14(21)28)26-13(11)8-3-4-8/h6-9,12H,2-5H2,1H3,(H2,21,28)(H2,22,23,24,25)/t9-,12+/m1/s1. The molecule has 150 valence electrons. The lowest BCUT2D eigenvalue weighted by atomic mass is 10.2. The molecule has 0 spiro atoms. The topological polar surface area (TPSA) is 111 Å². The van der Waals surface area contributed by atoms with Gasteiger partial charge in [-0.1, -0.05) is 0 Å². The van der Waals surface area contributed by atoms with Gasteiger partial charge in [0, 0.05) is 24.9 Å². The number of nitrogens with two attached hydrogens (primary N) is 1. The first-order valence-corrected chi connectivity index (χ1v) is 9.11. The summed E-state index contributed by atoms with van der Waals surface area (Å²) in [6, 6.07) is -0.0728. The van der Waals surface area contributed by atoms with Crippen LogP contribution in [0.1, 0.15) is 49.4 Å². The van der Waals surface area contributed by atoms with Gasteiger partial charge >= 0.3 is 6.18 Å². The number of anilines is 3. The zero-order valence-corrected chi connectivity index (χ0v) is 15.1. The third kappa shape index (κ3) is 3.60. The average molecular weight is 395 g/mol. The molecule has 2 fully saturated rings. The first-order chi connectivity index (χ1) is 13.3. The molecule has 2 aliphatic rings. The molecule has 11 heteroatoms. The van der Waals surface area contributed by atoms with Gasteiger partial charge in [0.1, 0.15) is 11.4 Å². The number of rotatable bonds is 7. The van der Waals surface area contributed by atoms with Crippen molar-refractivity contribution < 1.29 is 18.0 Å². The number of amides is 1. The van der Waals surface area contributed by atoms with Crippen molar-refractivity contribution >= 4 is 23.4 Å². The summed E-state index contributed by atoms with van der Waals surface area (Å²) in [6.45, 7) is 1.98. The number of carbonyl (C=O) groups excluding carboxylic acids is 1. The Morgan fingerprint density at radius 3 is 2.71 bits per heavy atom. The Hall–Kier alpha value is -2.85. The van der Waals surface area contributed by atoms with Gasteiger partial charge in [0.15, 0.2) is 0 Å². The highest BCUT2D eigenvalue weighted by atomic mass is 19.4. The molecule has 0 aliphatic heterocycles. The zero-order chi connectivity index (χ0) is 20.1. The summed E-state index contributed by atoms with van der Waals surface area (Å²) in [5, 5.41) is 10.2.